The van der Waals surface area contributed by atoms with Crippen LogP contribution in [0.2, 0.25) is 5.02 Å². The molecule has 2 unspecified atom stereocenters. The number of rotatable bonds is 4. The first-order valence-corrected chi connectivity index (χ1v) is 7.95. The number of piperidine rings is 1. The van der Waals surface area contributed by atoms with Gasteiger partial charge in [-0.3, -0.25) is 9.69 Å². The lowest BCUT2D eigenvalue weighted by atomic mass is 9.94. The summed E-state index contributed by atoms with van der Waals surface area (Å²) in [5, 5.41) is 14.1. The second kappa shape index (κ2) is 6.68. The number of carboxylic acids is 1. The van der Waals surface area contributed by atoms with Crippen LogP contribution in [0.1, 0.15) is 42.1 Å². The van der Waals surface area contributed by atoms with Gasteiger partial charge in [0.25, 0.3) is 0 Å². The van der Waals surface area contributed by atoms with Crippen molar-refractivity contribution in [2.24, 2.45) is 0 Å². The zero-order chi connectivity index (χ0) is 16.4. The van der Waals surface area contributed by atoms with Crippen LogP contribution in [0.25, 0.3) is 0 Å². The molecule has 1 saturated heterocycles. The van der Waals surface area contributed by atoms with E-state index in [4.69, 9.17) is 16.1 Å². The van der Waals surface area contributed by atoms with Crippen molar-refractivity contribution in [2.45, 2.75) is 31.7 Å². The summed E-state index contributed by atoms with van der Waals surface area (Å²) >= 11 is 6.02. The number of halogens is 1. The summed E-state index contributed by atoms with van der Waals surface area (Å²) in [6.45, 7) is 3.07. The van der Waals surface area contributed by atoms with E-state index in [0.29, 0.717) is 35.4 Å². The molecular formula is C16H18ClN3O3. The van der Waals surface area contributed by atoms with Gasteiger partial charge >= 0.3 is 5.97 Å². The fourth-order valence-electron chi connectivity index (χ4n) is 3.11. The minimum absolute atomic E-state index is 0.0611. The third-order valence-corrected chi connectivity index (χ3v) is 4.34. The number of carbonyl (C=O) groups is 1. The molecule has 7 heteroatoms. The van der Waals surface area contributed by atoms with Crippen molar-refractivity contribution in [3.8, 4) is 0 Å². The maximum atomic E-state index is 11.8. The molecule has 2 aromatic rings. The molecule has 2 heterocycles. The Bertz CT molecular complexity index is 703. The molecule has 1 aliphatic heterocycles. The van der Waals surface area contributed by atoms with Gasteiger partial charge in [0.2, 0.25) is 5.89 Å². The Morgan fingerprint density at radius 2 is 2.35 bits per heavy atom. The van der Waals surface area contributed by atoms with Gasteiger partial charge in [-0.15, -0.1) is 0 Å². The van der Waals surface area contributed by atoms with Crippen molar-refractivity contribution in [2.75, 3.05) is 13.1 Å². The van der Waals surface area contributed by atoms with E-state index in [1.54, 1.807) is 31.2 Å². The molecule has 6 nitrogen and oxygen atoms in total. The maximum Gasteiger partial charge on any atom is 0.325 e. The molecule has 1 N–H and O–H groups in total. The average Bonchev–Trinajstić information content (AvgIpc) is 2.94. The summed E-state index contributed by atoms with van der Waals surface area (Å²) in [7, 11) is 0. The second-order valence-electron chi connectivity index (χ2n) is 5.81. The molecule has 0 saturated carbocycles. The van der Waals surface area contributed by atoms with Gasteiger partial charge in [0, 0.05) is 11.6 Å². The van der Waals surface area contributed by atoms with Gasteiger partial charge in [0.05, 0.1) is 5.92 Å². The molecule has 1 aromatic heterocycles. The van der Waals surface area contributed by atoms with Crippen molar-refractivity contribution in [3.05, 3.63) is 46.6 Å². The smallest absolute Gasteiger partial charge is 0.325 e. The Balaban J connectivity index is 1.83. The minimum atomic E-state index is -0.880. The quantitative estimate of drug-likeness (QED) is 0.925. The van der Waals surface area contributed by atoms with Gasteiger partial charge < -0.3 is 9.63 Å². The molecule has 0 amide bonds. The van der Waals surface area contributed by atoms with Crippen LogP contribution in [-0.4, -0.2) is 39.2 Å². The van der Waals surface area contributed by atoms with Crippen molar-refractivity contribution in [3.63, 3.8) is 0 Å². The van der Waals surface area contributed by atoms with E-state index in [-0.39, 0.29) is 5.92 Å². The van der Waals surface area contributed by atoms with Crippen LogP contribution >= 0.6 is 11.6 Å². The lowest BCUT2D eigenvalue weighted by Crippen LogP contribution is -2.40. The van der Waals surface area contributed by atoms with E-state index in [2.05, 4.69) is 10.1 Å². The van der Waals surface area contributed by atoms with E-state index in [1.807, 2.05) is 4.90 Å². The fourth-order valence-corrected chi connectivity index (χ4v) is 3.31. The molecule has 23 heavy (non-hydrogen) atoms. The summed E-state index contributed by atoms with van der Waals surface area (Å²) in [5.74, 6) is 0.366. The number of carboxylic acid groups (broad SMARTS) is 1. The molecule has 0 radical (unpaired) electrons. The monoisotopic (exact) mass is 335 g/mol. The zero-order valence-corrected chi connectivity index (χ0v) is 13.5. The minimum Gasteiger partial charge on any atom is -0.480 e. The highest BCUT2D eigenvalue weighted by Crippen LogP contribution is 2.32. The van der Waals surface area contributed by atoms with Crippen LogP contribution in [0.5, 0.6) is 0 Å². The van der Waals surface area contributed by atoms with Crippen molar-refractivity contribution < 1.29 is 14.4 Å². The Hall–Kier alpha value is -1.92. The van der Waals surface area contributed by atoms with Gasteiger partial charge in [-0.05, 0) is 44.0 Å². The first-order chi connectivity index (χ1) is 11.0. The van der Waals surface area contributed by atoms with Crippen LogP contribution in [0.15, 0.2) is 28.8 Å². The van der Waals surface area contributed by atoms with Crippen molar-refractivity contribution >= 4 is 17.6 Å². The normalized spacial score (nSPS) is 20.3. The predicted octanol–water partition coefficient (Wildman–Crippen LogP) is 3.04. The lowest BCUT2D eigenvalue weighted by molar-refractivity contribution is -0.144. The number of aryl methyl sites for hydroxylation is 1. The number of hydrogen-bond donors (Lipinski definition) is 1. The van der Waals surface area contributed by atoms with E-state index < -0.39 is 12.0 Å². The number of nitrogens with zero attached hydrogens (tertiary/aromatic N) is 3. The molecule has 3 rings (SSSR count). The van der Waals surface area contributed by atoms with Gasteiger partial charge in [0.15, 0.2) is 5.82 Å². The van der Waals surface area contributed by atoms with E-state index in [9.17, 15) is 9.90 Å². The zero-order valence-electron chi connectivity index (χ0n) is 12.8. The number of aromatic nitrogens is 2. The number of likely N-dealkylation sites (tertiary alicyclic amines) is 1. The largest absolute Gasteiger partial charge is 0.480 e. The maximum absolute atomic E-state index is 11.8. The van der Waals surface area contributed by atoms with Gasteiger partial charge in [0.1, 0.15) is 6.04 Å². The Morgan fingerprint density at radius 3 is 3.00 bits per heavy atom. The van der Waals surface area contributed by atoms with Crippen LogP contribution in [-0.2, 0) is 4.79 Å². The highest BCUT2D eigenvalue weighted by Gasteiger charge is 2.34. The second-order valence-corrected chi connectivity index (χ2v) is 6.25. The van der Waals surface area contributed by atoms with Gasteiger partial charge in [-0.2, -0.15) is 4.98 Å². The summed E-state index contributed by atoms with van der Waals surface area (Å²) in [6.07, 6.45) is 1.80. The first-order valence-electron chi connectivity index (χ1n) is 7.57. The molecule has 0 aliphatic carbocycles. The van der Waals surface area contributed by atoms with Crippen molar-refractivity contribution in [1.82, 2.24) is 15.0 Å². The van der Waals surface area contributed by atoms with E-state index in [1.165, 1.54) is 0 Å². The average molecular weight is 336 g/mol. The Labute approximate surface area is 139 Å². The SMILES string of the molecule is Cc1noc(C2CCCN(C(C(=O)O)c3cccc(Cl)c3)C2)n1. The Morgan fingerprint density at radius 1 is 1.52 bits per heavy atom. The van der Waals surface area contributed by atoms with Crippen molar-refractivity contribution in [1.29, 1.82) is 0 Å². The molecule has 2 atom stereocenters. The van der Waals surface area contributed by atoms with E-state index >= 15 is 0 Å². The van der Waals surface area contributed by atoms with Gasteiger partial charge in [-0.1, -0.05) is 28.9 Å². The highest BCUT2D eigenvalue weighted by atomic mass is 35.5. The summed E-state index contributed by atoms with van der Waals surface area (Å²) < 4.78 is 5.26. The molecule has 0 bridgehead atoms. The topological polar surface area (TPSA) is 79.5 Å². The summed E-state index contributed by atoms with van der Waals surface area (Å²) in [4.78, 5) is 18.1. The summed E-state index contributed by atoms with van der Waals surface area (Å²) in [5.41, 5.74) is 0.687. The van der Waals surface area contributed by atoms with Gasteiger partial charge in [-0.25, -0.2) is 0 Å². The number of aliphatic carboxylic acids is 1. The molecule has 1 aromatic carbocycles. The molecule has 0 spiro atoms. The molecule has 1 fully saturated rings. The number of hydrogen-bond acceptors (Lipinski definition) is 5. The number of benzene rings is 1. The molecular weight excluding hydrogens is 318 g/mol. The third kappa shape index (κ3) is 3.54. The first kappa shape index (κ1) is 16.0. The molecule has 122 valence electrons. The Kier molecular flexibility index (Phi) is 4.63. The lowest BCUT2D eigenvalue weighted by Gasteiger charge is -2.35. The van der Waals surface area contributed by atoms with Crippen LogP contribution < -0.4 is 0 Å². The summed E-state index contributed by atoms with van der Waals surface area (Å²) in [6, 6.07) is 6.30. The third-order valence-electron chi connectivity index (χ3n) is 4.11. The van der Waals surface area contributed by atoms with Crippen LogP contribution in [0, 0.1) is 6.92 Å². The standard InChI is InChI=1S/C16H18ClN3O3/c1-10-18-15(23-19-10)12-5-3-7-20(9-12)14(16(21)22)11-4-2-6-13(17)8-11/h2,4,6,8,12,14H,3,5,7,9H2,1H3,(H,21,22). The highest BCUT2D eigenvalue weighted by molar-refractivity contribution is 6.30. The predicted molar refractivity (Wildman–Crippen MR) is 84.4 cm³/mol. The van der Waals surface area contributed by atoms with E-state index in [0.717, 1.165) is 12.8 Å². The van der Waals surface area contributed by atoms with Crippen LogP contribution in [0.4, 0.5) is 0 Å². The fraction of sp³-hybridized carbons (Fsp3) is 0.438. The molecule has 1 aliphatic rings. The van der Waals surface area contributed by atoms with Crippen LogP contribution in [0.3, 0.4) is 0 Å².